The second-order valence-electron chi connectivity index (χ2n) is 6.59. The van der Waals surface area contributed by atoms with Gasteiger partial charge in [-0.1, -0.05) is 19.1 Å². The van der Waals surface area contributed by atoms with Crippen LogP contribution >= 0.6 is 24.0 Å². The number of aliphatic hydroxyl groups is 1. The molecule has 25 heavy (non-hydrogen) atoms. The van der Waals surface area contributed by atoms with Crippen molar-refractivity contribution in [3.8, 4) is 5.75 Å². The van der Waals surface area contributed by atoms with Gasteiger partial charge in [0, 0.05) is 18.7 Å². The number of rotatable bonds is 8. The van der Waals surface area contributed by atoms with Crippen LogP contribution < -0.4 is 15.4 Å². The number of ether oxygens (including phenoxy) is 1. The summed E-state index contributed by atoms with van der Waals surface area (Å²) in [5.41, 5.74) is 1.70. The molecule has 1 fully saturated rings. The summed E-state index contributed by atoms with van der Waals surface area (Å²) in [4.78, 5) is 4.65. The van der Waals surface area contributed by atoms with Gasteiger partial charge in [-0.25, -0.2) is 4.99 Å². The first-order valence-electron chi connectivity index (χ1n) is 9.03. The van der Waals surface area contributed by atoms with Gasteiger partial charge in [-0.2, -0.15) is 0 Å². The highest BCUT2D eigenvalue weighted by Crippen LogP contribution is 2.30. The number of hydrogen-bond donors (Lipinski definition) is 3. The molecule has 0 amide bonds. The molecule has 0 saturated heterocycles. The molecule has 1 aromatic carbocycles. The smallest absolute Gasteiger partial charge is 0.191 e. The number of aliphatic imine (C=N–C) groups is 1. The third kappa shape index (κ3) is 7.01. The van der Waals surface area contributed by atoms with Gasteiger partial charge in [0.25, 0.3) is 0 Å². The van der Waals surface area contributed by atoms with Crippen LogP contribution in [0, 0.1) is 6.92 Å². The molecule has 0 bridgehead atoms. The first kappa shape index (κ1) is 22.0. The van der Waals surface area contributed by atoms with E-state index in [1.807, 2.05) is 6.92 Å². The van der Waals surface area contributed by atoms with Crippen LogP contribution in [-0.2, 0) is 6.54 Å². The molecule has 1 saturated carbocycles. The van der Waals surface area contributed by atoms with E-state index < -0.39 is 5.60 Å². The molecule has 2 rings (SSSR count). The minimum Gasteiger partial charge on any atom is -0.493 e. The SMILES string of the molecule is CCCOc1cc(C)ccc1CN=C(NCC)NCC1(O)CCC1.I. The second-order valence-corrected chi connectivity index (χ2v) is 6.59. The maximum absolute atomic E-state index is 10.2. The third-order valence-electron chi connectivity index (χ3n) is 4.31. The fourth-order valence-corrected chi connectivity index (χ4v) is 2.65. The molecule has 0 atom stereocenters. The highest BCUT2D eigenvalue weighted by atomic mass is 127. The number of halogens is 1. The Balaban J connectivity index is 0.00000312. The van der Waals surface area contributed by atoms with Gasteiger partial charge in [0.05, 0.1) is 18.8 Å². The zero-order valence-electron chi connectivity index (χ0n) is 15.6. The van der Waals surface area contributed by atoms with E-state index in [9.17, 15) is 5.11 Å². The molecular weight excluding hydrogens is 429 g/mol. The predicted molar refractivity (Wildman–Crippen MR) is 114 cm³/mol. The van der Waals surface area contributed by atoms with Crippen LogP contribution in [0.3, 0.4) is 0 Å². The molecule has 0 radical (unpaired) electrons. The van der Waals surface area contributed by atoms with Gasteiger partial charge < -0.3 is 20.5 Å². The summed E-state index contributed by atoms with van der Waals surface area (Å²) >= 11 is 0. The molecule has 5 nitrogen and oxygen atoms in total. The van der Waals surface area contributed by atoms with Gasteiger partial charge in [-0.05, 0) is 51.2 Å². The van der Waals surface area contributed by atoms with Crippen molar-refractivity contribution in [2.75, 3.05) is 19.7 Å². The van der Waals surface area contributed by atoms with E-state index in [1.54, 1.807) is 0 Å². The van der Waals surface area contributed by atoms with E-state index in [1.165, 1.54) is 5.56 Å². The van der Waals surface area contributed by atoms with Crippen LogP contribution in [-0.4, -0.2) is 36.4 Å². The Morgan fingerprint density at radius 1 is 1.28 bits per heavy atom. The van der Waals surface area contributed by atoms with Crippen molar-refractivity contribution in [3.63, 3.8) is 0 Å². The molecule has 0 aromatic heterocycles. The lowest BCUT2D eigenvalue weighted by molar-refractivity contribution is -0.0279. The van der Waals surface area contributed by atoms with E-state index in [0.717, 1.165) is 49.5 Å². The van der Waals surface area contributed by atoms with E-state index >= 15 is 0 Å². The molecule has 0 aliphatic heterocycles. The fourth-order valence-electron chi connectivity index (χ4n) is 2.65. The topological polar surface area (TPSA) is 65.9 Å². The van der Waals surface area contributed by atoms with Crippen LogP contribution in [0.4, 0.5) is 0 Å². The molecule has 0 heterocycles. The number of nitrogens with zero attached hydrogens (tertiary/aromatic N) is 1. The lowest BCUT2D eigenvalue weighted by Crippen LogP contribution is -2.50. The average Bonchev–Trinajstić information content (AvgIpc) is 2.54. The average molecular weight is 461 g/mol. The number of hydrogen-bond acceptors (Lipinski definition) is 3. The maximum atomic E-state index is 10.2. The molecule has 0 unspecified atom stereocenters. The number of guanidine groups is 1. The predicted octanol–water partition coefficient (Wildman–Crippen LogP) is 3.37. The summed E-state index contributed by atoms with van der Waals surface area (Å²) in [5, 5.41) is 16.7. The van der Waals surface area contributed by atoms with Crippen molar-refractivity contribution < 1.29 is 9.84 Å². The first-order chi connectivity index (χ1) is 11.6. The highest BCUT2D eigenvalue weighted by Gasteiger charge is 2.34. The first-order valence-corrected chi connectivity index (χ1v) is 9.03. The second kappa shape index (κ2) is 10.9. The molecule has 0 spiro atoms. The maximum Gasteiger partial charge on any atom is 0.191 e. The summed E-state index contributed by atoms with van der Waals surface area (Å²) in [6.45, 7) is 8.81. The Morgan fingerprint density at radius 3 is 2.64 bits per heavy atom. The van der Waals surface area contributed by atoms with E-state index in [2.05, 4.69) is 47.7 Å². The Hall–Kier alpha value is -1.02. The largest absolute Gasteiger partial charge is 0.493 e. The quantitative estimate of drug-likeness (QED) is 0.316. The molecule has 6 heteroatoms. The van der Waals surface area contributed by atoms with E-state index in [-0.39, 0.29) is 24.0 Å². The Bertz CT molecular complexity index is 560. The minimum atomic E-state index is -0.560. The van der Waals surface area contributed by atoms with Crippen LogP contribution in [0.25, 0.3) is 0 Å². The fraction of sp³-hybridized carbons (Fsp3) is 0.632. The van der Waals surface area contributed by atoms with Gasteiger partial charge in [0.2, 0.25) is 0 Å². The van der Waals surface area contributed by atoms with Crippen molar-refractivity contribution in [3.05, 3.63) is 29.3 Å². The zero-order valence-corrected chi connectivity index (χ0v) is 17.9. The standard InChI is InChI=1S/C19H31N3O2.HI/c1-4-11-24-17-12-15(3)7-8-16(17)13-21-18(20-5-2)22-14-19(23)9-6-10-19;/h7-8,12,23H,4-6,9-11,13-14H2,1-3H3,(H2,20,21,22);1H. The van der Waals surface area contributed by atoms with Crippen molar-refractivity contribution >= 4 is 29.9 Å². The molecule has 3 N–H and O–H groups in total. The molecular formula is C19H32IN3O2. The Labute approximate surface area is 168 Å². The van der Waals surface area contributed by atoms with Crippen LogP contribution in [0.15, 0.2) is 23.2 Å². The minimum absolute atomic E-state index is 0. The van der Waals surface area contributed by atoms with Crippen LogP contribution in [0.2, 0.25) is 0 Å². The lowest BCUT2D eigenvalue weighted by Gasteiger charge is -2.37. The van der Waals surface area contributed by atoms with Gasteiger partial charge in [0.1, 0.15) is 5.75 Å². The number of aryl methyl sites for hydroxylation is 1. The van der Waals surface area contributed by atoms with Gasteiger partial charge in [-0.3, -0.25) is 0 Å². The summed E-state index contributed by atoms with van der Waals surface area (Å²) in [6.07, 6.45) is 3.82. The Kier molecular flexibility index (Phi) is 9.56. The number of nitrogens with one attached hydrogen (secondary N) is 2. The zero-order chi connectivity index (χ0) is 17.4. The summed E-state index contributed by atoms with van der Waals surface area (Å²) in [7, 11) is 0. The van der Waals surface area contributed by atoms with Crippen LogP contribution in [0.5, 0.6) is 5.75 Å². The lowest BCUT2D eigenvalue weighted by atomic mass is 9.80. The van der Waals surface area contributed by atoms with Crippen molar-refractivity contribution in [2.24, 2.45) is 4.99 Å². The third-order valence-corrected chi connectivity index (χ3v) is 4.31. The van der Waals surface area contributed by atoms with Crippen LogP contribution in [0.1, 0.15) is 50.7 Å². The van der Waals surface area contributed by atoms with Gasteiger partial charge in [0.15, 0.2) is 5.96 Å². The Morgan fingerprint density at radius 2 is 2.04 bits per heavy atom. The number of benzene rings is 1. The summed E-state index contributed by atoms with van der Waals surface area (Å²) < 4.78 is 5.85. The van der Waals surface area contributed by atoms with Crippen molar-refractivity contribution in [2.45, 2.75) is 58.6 Å². The van der Waals surface area contributed by atoms with E-state index in [4.69, 9.17) is 4.74 Å². The molecule has 1 aliphatic carbocycles. The van der Waals surface area contributed by atoms with Gasteiger partial charge in [-0.15, -0.1) is 24.0 Å². The highest BCUT2D eigenvalue weighted by molar-refractivity contribution is 14.0. The monoisotopic (exact) mass is 461 g/mol. The summed E-state index contributed by atoms with van der Waals surface area (Å²) in [5.74, 6) is 1.65. The van der Waals surface area contributed by atoms with Gasteiger partial charge >= 0.3 is 0 Å². The van der Waals surface area contributed by atoms with E-state index in [0.29, 0.717) is 19.7 Å². The van der Waals surface area contributed by atoms with Crippen molar-refractivity contribution in [1.82, 2.24) is 10.6 Å². The van der Waals surface area contributed by atoms with Crippen molar-refractivity contribution in [1.29, 1.82) is 0 Å². The normalized spacial score (nSPS) is 15.8. The molecule has 1 aromatic rings. The molecule has 1 aliphatic rings. The molecule has 142 valence electrons. The summed E-state index contributed by atoms with van der Waals surface area (Å²) in [6, 6.07) is 6.23.